The molecule has 1 aromatic rings. The number of likely N-dealkylation sites (tertiary alicyclic amines) is 1. The molecule has 0 saturated carbocycles. The molecule has 0 aliphatic carbocycles. The molecule has 1 fully saturated rings. The zero-order chi connectivity index (χ0) is 17.0. The molecule has 2 rings (SSSR count). The maximum Gasteiger partial charge on any atom is 0.293 e. The van der Waals surface area contributed by atoms with Crippen LogP contribution in [0.5, 0.6) is 0 Å². The van der Waals surface area contributed by atoms with E-state index in [4.69, 9.17) is 0 Å². The lowest BCUT2D eigenvalue weighted by Gasteiger charge is -2.21. The summed E-state index contributed by atoms with van der Waals surface area (Å²) < 4.78 is 0. The van der Waals surface area contributed by atoms with Gasteiger partial charge in [-0.2, -0.15) is 0 Å². The Bertz CT molecular complexity index is 632. The van der Waals surface area contributed by atoms with Crippen LogP contribution in [0, 0.1) is 10.1 Å². The van der Waals surface area contributed by atoms with Gasteiger partial charge in [0, 0.05) is 44.2 Å². The summed E-state index contributed by atoms with van der Waals surface area (Å²) in [4.78, 5) is 36.0. The summed E-state index contributed by atoms with van der Waals surface area (Å²) in [5.41, 5.74) is 0.417. The maximum absolute atomic E-state index is 12.2. The van der Waals surface area contributed by atoms with E-state index in [1.54, 1.807) is 18.9 Å². The van der Waals surface area contributed by atoms with Gasteiger partial charge in [0.2, 0.25) is 5.91 Å². The molecule has 1 aliphatic heterocycles. The van der Waals surface area contributed by atoms with Crippen LogP contribution < -0.4 is 10.6 Å². The monoisotopic (exact) mass is 320 g/mol. The SMILES string of the molecule is CNc1ccc(C(=O)N[C@H](C)CN2CCCC2=O)cc1[N+](=O)[O-]. The van der Waals surface area contributed by atoms with Crippen molar-refractivity contribution in [2.24, 2.45) is 0 Å². The Labute approximate surface area is 134 Å². The fourth-order valence-corrected chi connectivity index (χ4v) is 2.62. The highest BCUT2D eigenvalue weighted by Crippen LogP contribution is 2.25. The van der Waals surface area contributed by atoms with Crippen LogP contribution in [0.4, 0.5) is 11.4 Å². The lowest BCUT2D eigenvalue weighted by atomic mass is 10.1. The van der Waals surface area contributed by atoms with Gasteiger partial charge in [0.25, 0.3) is 11.6 Å². The van der Waals surface area contributed by atoms with Crippen LogP contribution in [-0.2, 0) is 4.79 Å². The molecule has 1 aliphatic rings. The molecule has 8 heteroatoms. The number of rotatable bonds is 6. The van der Waals surface area contributed by atoms with E-state index in [0.29, 0.717) is 25.2 Å². The highest BCUT2D eigenvalue weighted by molar-refractivity contribution is 5.96. The van der Waals surface area contributed by atoms with Gasteiger partial charge in [-0.3, -0.25) is 19.7 Å². The van der Waals surface area contributed by atoms with Crippen LogP contribution in [-0.4, -0.2) is 47.8 Å². The molecule has 2 N–H and O–H groups in total. The molecule has 2 amide bonds. The van der Waals surface area contributed by atoms with Crippen LogP contribution in [0.1, 0.15) is 30.1 Å². The summed E-state index contributed by atoms with van der Waals surface area (Å²) in [5, 5.41) is 16.5. The Kier molecular flexibility index (Phi) is 5.15. The smallest absolute Gasteiger partial charge is 0.293 e. The molecule has 0 bridgehead atoms. The Morgan fingerprint density at radius 2 is 2.22 bits per heavy atom. The molecule has 1 heterocycles. The predicted octanol–water partition coefficient (Wildman–Crippen LogP) is 1.38. The molecule has 1 aromatic carbocycles. The number of amides is 2. The second-order valence-corrected chi connectivity index (χ2v) is 5.56. The number of carbonyl (C=O) groups is 2. The largest absolute Gasteiger partial charge is 0.383 e. The minimum Gasteiger partial charge on any atom is -0.383 e. The highest BCUT2D eigenvalue weighted by Gasteiger charge is 2.23. The molecule has 0 aromatic heterocycles. The van der Waals surface area contributed by atoms with Gasteiger partial charge in [-0.05, 0) is 25.5 Å². The number of nitro groups is 1. The van der Waals surface area contributed by atoms with Crippen molar-refractivity contribution >= 4 is 23.2 Å². The fraction of sp³-hybridized carbons (Fsp3) is 0.467. The van der Waals surface area contributed by atoms with Gasteiger partial charge in [0.1, 0.15) is 5.69 Å². The second-order valence-electron chi connectivity index (χ2n) is 5.56. The van der Waals surface area contributed by atoms with E-state index in [1.807, 2.05) is 0 Å². The molecule has 8 nitrogen and oxygen atoms in total. The minimum absolute atomic E-state index is 0.0973. The van der Waals surface area contributed by atoms with E-state index >= 15 is 0 Å². The average Bonchev–Trinajstić information content (AvgIpc) is 2.91. The number of carbonyl (C=O) groups excluding carboxylic acids is 2. The molecule has 1 saturated heterocycles. The third kappa shape index (κ3) is 3.97. The average molecular weight is 320 g/mol. The third-order valence-electron chi connectivity index (χ3n) is 3.77. The summed E-state index contributed by atoms with van der Waals surface area (Å²) >= 11 is 0. The Balaban J connectivity index is 2.03. The summed E-state index contributed by atoms with van der Waals surface area (Å²) in [6.45, 7) is 2.96. The van der Waals surface area contributed by atoms with Gasteiger partial charge in [-0.1, -0.05) is 0 Å². The van der Waals surface area contributed by atoms with Crippen molar-refractivity contribution in [3.8, 4) is 0 Å². The normalized spacial score (nSPS) is 15.4. The van der Waals surface area contributed by atoms with E-state index in [-0.39, 0.29) is 23.2 Å². The van der Waals surface area contributed by atoms with Crippen molar-refractivity contribution in [1.82, 2.24) is 10.2 Å². The number of hydrogen-bond donors (Lipinski definition) is 2. The molecule has 23 heavy (non-hydrogen) atoms. The quantitative estimate of drug-likeness (QED) is 0.608. The number of nitro benzene ring substituents is 1. The van der Waals surface area contributed by atoms with Gasteiger partial charge in [0.15, 0.2) is 0 Å². The van der Waals surface area contributed by atoms with E-state index in [1.165, 1.54) is 18.2 Å². The van der Waals surface area contributed by atoms with Crippen LogP contribution in [0.15, 0.2) is 18.2 Å². The summed E-state index contributed by atoms with van der Waals surface area (Å²) in [5.74, 6) is -0.296. The van der Waals surface area contributed by atoms with E-state index in [2.05, 4.69) is 10.6 Å². The highest BCUT2D eigenvalue weighted by atomic mass is 16.6. The number of nitrogens with one attached hydrogen (secondary N) is 2. The summed E-state index contributed by atoms with van der Waals surface area (Å²) in [7, 11) is 1.58. The third-order valence-corrected chi connectivity index (χ3v) is 3.77. The van der Waals surface area contributed by atoms with Gasteiger partial charge in [-0.15, -0.1) is 0 Å². The van der Waals surface area contributed by atoms with Gasteiger partial charge >= 0.3 is 0 Å². The van der Waals surface area contributed by atoms with Crippen molar-refractivity contribution in [2.45, 2.75) is 25.8 Å². The van der Waals surface area contributed by atoms with Crippen molar-refractivity contribution < 1.29 is 14.5 Å². The Hall–Kier alpha value is -2.64. The number of benzene rings is 1. The van der Waals surface area contributed by atoms with E-state index in [0.717, 1.165) is 6.42 Å². The fourth-order valence-electron chi connectivity index (χ4n) is 2.62. The first kappa shape index (κ1) is 16.7. The Morgan fingerprint density at radius 3 is 2.78 bits per heavy atom. The van der Waals surface area contributed by atoms with Crippen LogP contribution in [0.2, 0.25) is 0 Å². The number of anilines is 1. The molecule has 0 spiro atoms. The Morgan fingerprint density at radius 1 is 1.48 bits per heavy atom. The molecular formula is C15H20N4O4. The standard InChI is InChI=1S/C15H20N4O4/c1-10(9-18-7-3-4-14(18)20)17-15(21)11-5-6-12(16-2)13(8-11)19(22)23/h5-6,8,10,16H,3-4,7,9H2,1-2H3,(H,17,21)/t10-/m1/s1. The zero-order valence-corrected chi connectivity index (χ0v) is 13.2. The van der Waals surface area contributed by atoms with Crippen LogP contribution in [0.25, 0.3) is 0 Å². The predicted molar refractivity (Wildman–Crippen MR) is 85.4 cm³/mol. The lowest BCUT2D eigenvalue weighted by molar-refractivity contribution is -0.384. The van der Waals surface area contributed by atoms with E-state index < -0.39 is 10.8 Å². The summed E-state index contributed by atoms with van der Waals surface area (Å²) in [6.07, 6.45) is 1.40. The molecule has 0 unspecified atom stereocenters. The van der Waals surface area contributed by atoms with Gasteiger partial charge < -0.3 is 15.5 Å². The zero-order valence-electron chi connectivity index (χ0n) is 13.2. The molecule has 0 radical (unpaired) electrons. The first-order valence-corrected chi connectivity index (χ1v) is 7.47. The molecular weight excluding hydrogens is 300 g/mol. The van der Waals surface area contributed by atoms with Crippen LogP contribution in [0.3, 0.4) is 0 Å². The van der Waals surface area contributed by atoms with Crippen molar-refractivity contribution in [3.05, 3.63) is 33.9 Å². The van der Waals surface area contributed by atoms with Crippen LogP contribution >= 0.6 is 0 Å². The minimum atomic E-state index is -0.533. The topological polar surface area (TPSA) is 105 Å². The number of nitrogens with zero attached hydrogens (tertiary/aromatic N) is 2. The molecule has 124 valence electrons. The van der Waals surface area contributed by atoms with Crippen molar-refractivity contribution in [2.75, 3.05) is 25.5 Å². The van der Waals surface area contributed by atoms with E-state index in [9.17, 15) is 19.7 Å². The maximum atomic E-state index is 12.2. The summed E-state index contributed by atoms with van der Waals surface area (Å²) in [6, 6.07) is 4.05. The van der Waals surface area contributed by atoms with Gasteiger partial charge in [0.05, 0.1) is 4.92 Å². The molecule has 1 atom stereocenters. The lowest BCUT2D eigenvalue weighted by Crippen LogP contribution is -2.42. The number of hydrogen-bond acceptors (Lipinski definition) is 5. The second kappa shape index (κ2) is 7.08. The first-order chi connectivity index (χ1) is 10.9. The first-order valence-electron chi connectivity index (χ1n) is 7.47. The van der Waals surface area contributed by atoms with Crippen molar-refractivity contribution in [3.63, 3.8) is 0 Å². The van der Waals surface area contributed by atoms with Gasteiger partial charge in [-0.25, -0.2) is 0 Å². The van der Waals surface area contributed by atoms with Crippen molar-refractivity contribution in [1.29, 1.82) is 0 Å².